The molecule has 6 rings (SSSR count). The van der Waals surface area contributed by atoms with Crippen LogP contribution in [0, 0.1) is 0 Å². The highest BCUT2D eigenvalue weighted by atomic mass is 32.2. The Kier molecular flexibility index (Phi) is 9.00. The van der Waals surface area contributed by atoms with Crippen LogP contribution >= 0.6 is 11.8 Å². The lowest BCUT2D eigenvalue weighted by Crippen LogP contribution is -2.31. The Bertz CT molecular complexity index is 1580. The van der Waals surface area contributed by atoms with Crippen molar-refractivity contribution in [1.82, 2.24) is 4.98 Å². The van der Waals surface area contributed by atoms with Crippen LogP contribution in [-0.4, -0.2) is 27.9 Å². The SMILES string of the molecule is CC(=O)Nc1ccc([C@@H]2O[C@H](CSc3nc(-c4ccccc4)c(-c4ccccc4)o3)C[C@H](c3ccc(CO)cc3)O2)cc1. The third-order valence-corrected chi connectivity index (χ3v) is 8.16. The van der Waals surface area contributed by atoms with Crippen molar-refractivity contribution in [2.75, 3.05) is 11.1 Å². The molecule has 5 aromatic rings. The molecule has 218 valence electrons. The molecule has 1 fully saturated rings. The molecule has 8 heteroatoms. The van der Waals surface area contributed by atoms with Gasteiger partial charge in [0.2, 0.25) is 5.91 Å². The van der Waals surface area contributed by atoms with Crippen LogP contribution < -0.4 is 5.32 Å². The number of rotatable bonds is 9. The predicted molar refractivity (Wildman–Crippen MR) is 167 cm³/mol. The van der Waals surface area contributed by atoms with Gasteiger partial charge < -0.3 is 24.3 Å². The van der Waals surface area contributed by atoms with Gasteiger partial charge in [0.1, 0.15) is 5.69 Å². The summed E-state index contributed by atoms with van der Waals surface area (Å²) in [6, 6.07) is 35.4. The van der Waals surface area contributed by atoms with Crippen LogP contribution in [0.1, 0.15) is 42.4 Å². The molecule has 1 aromatic heterocycles. The highest BCUT2D eigenvalue weighted by Crippen LogP contribution is 2.41. The molecule has 0 bridgehead atoms. The number of hydrogen-bond acceptors (Lipinski definition) is 7. The number of nitrogens with zero attached hydrogens (tertiary/aromatic N) is 1. The number of carbonyl (C=O) groups excluding carboxylic acids is 1. The molecule has 0 aliphatic carbocycles. The number of aromatic nitrogens is 1. The van der Waals surface area contributed by atoms with Crippen molar-refractivity contribution in [1.29, 1.82) is 0 Å². The molecule has 0 saturated carbocycles. The second-order valence-corrected chi connectivity index (χ2v) is 11.3. The van der Waals surface area contributed by atoms with Crippen LogP contribution in [0.15, 0.2) is 119 Å². The second kappa shape index (κ2) is 13.4. The first-order chi connectivity index (χ1) is 21.1. The van der Waals surface area contributed by atoms with Gasteiger partial charge in [0, 0.05) is 41.5 Å². The molecule has 1 aliphatic rings. The second-order valence-electron chi connectivity index (χ2n) is 10.4. The van der Waals surface area contributed by atoms with E-state index in [9.17, 15) is 9.90 Å². The number of amides is 1. The molecule has 7 nitrogen and oxygen atoms in total. The summed E-state index contributed by atoms with van der Waals surface area (Å²) < 4.78 is 19.3. The summed E-state index contributed by atoms with van der Waals surface area (Å²) in [5.41, 5.74) is 6.20. The van der Waals surface area contributed by atoms with Gasteiger partial charge in [0.15, 0.2) is 12.1 Å². The van der Waals surface area contributed by atoms with Crippen LogP contribution in [0.3, 0.4) is 0 Å². The van der Waals surface area contributed by atoms with Gasteiger partial charge in [-0.15, -0.1) is 0 Å². The van der Waals surface area contributed by atoms with E-state index < -0.39 is 6.29 Å². The fourth-order valence-corrected chi connectivity index (χ4v) is 5.89. The van der Waals surface area contributed by atoms with Gasteiger partial charge in [-0.05, 0) is 23.3 Å². The van der Waals surface area contributed by atoms with Crippen molar-refractivity contribution in [2.45, 2.75) is 43.7 Å². The Hall–Kier alpha value is -4.21. The van der Waals surface area contributed by atoms with E-state index in [-0.39, 0.29) is 24.7 Å². The van der Waals surface area contributed by atoms with Crippen LogP contribution in [-0.2, 0) is 20.9 Å². The van der Waals surface area contributed by atoms with E-state index in [4.69, 9.17) is 18.9 Å². The van der Waals surface area contributed by atoms with Gasteiger partial charge in [-0.2, -0.15) is 0 Å². The van der Waals surface area contributed by atoms with E-state index in [0.717, 1.165) is 39.3 Å². The molecule has 2 heterocycles. The first kappa shape index (κ1) is 28.9. The van der Waals surface area contributed by atoms with Gasteiger partial charge in [0.25, 0.3) is 5.22 Å². The maximum absolute atomic E-state index is 11.5. The zero-order chi connectivity index (χ0) is 29.6. The van der Waals surface area contributed by atoms with Crippen molar-refractivity contribution < 1.29 is 23.8 Å². The van der Waals surface area contributed by atoms with E-state index in [1.807, 2.05) is 109 Å². The molecular formula is C35H32N2O5S. The average molecular weight is 593 g/mol. The van der Waals surface area contributed by atoms with Gasteiger partial charge in [0.05, 0.1) is 18.8 Å². The van der Waals surface area contributed by atoms with Gasteiger partial charge >= 0.3 is 0 Å². The Morgan fingerprint density at radius 1 is 0.860 bits per heavy atom. The number of aliphatic hydroxyl groups is 1. The Labute approximate surface area is 254 Å². The molecule has 0 spiro atoms. The average Bonchev–Trinajstić information content (AvgIpc) is 3.49. The topological polar surface area (TPSA) is 93.8 Å². The summed E-state index contributed by atoms with van der Waals surface area (Å²) in [7, 11) is 0. The zero-order valence-electron chi connectivity index (χ0n) is 23.7. The van der Waals surface area contributed by atoms with Crippen molar-refractivity contribution in [3.63, 3.8) is 0 Å². The summed E-state index contributed by atoms with van der Waals surface area (Å²) >= 11 is 1.52. The largest absolute Gasteiger partial charge is 0.431 e. The minimum atomic E-state index is -0.599. The summed E-state index contributed by atoms with van der Waals surface area (Å²) in [6.07, 6.45) is -0.327. The summed E-state index contributed by atoms with van der Waals surface area (Å²) in [6.45, 7) is 1.47. The molecule has 4 aromatic carbocycles. The molecule has 43 heavy (non-hydrogen) atoms. The lowest BCUT2D eigenvalue weighted by Gasteiger charge is -2.36. The summed E-state index contributed by atoms with van der Waals surface area (Å²) in [4.78, 5) is 16.4. The van der Waals surface area contributed by atoms with E-state index in [2.05, 4.69) is 5.32 Å². The normalized spacial score (nSPS) is 18.3. The fourth-order valence-electron chi connectivity index (χ4n) is 5.05. The van der Waals surface area contributed by atoms with Gasteiger partial charge in [-0.1, -0.05) is 109 Å². The maximum atomic E-state index is 11.5. The van der Waals surface area contributed by atoms with Crippen LogP contribution in [0.25, 0.3) is 22.6 Å². The molecule has 1 saturated heterocycles. The Morgan fingerprint density at radius 2 is 1.51 bits per heavy atom. The van der Waals surface area contributed by atoms with E-state index in [1.54, 1.807) is 0 Å². The number of carbonyl (C=O) groups is 1. The molecule has 2 N–H and O–H groups in total. The van der Waals surface area contributed by atoms with Crippen molar-refractivity contribution >= 4 is 23.4 Å². The number of anilines is 1. The minimum absolute atomic E-state index is 0.0104. The van der Waals surface area contributed by atoms with Gasteiger partial charge in [-0.3, -0.25) is 4.79 Å². The summed E-state index contributed by atoms with van der Waals surface area (Å²) in [5, 5.41) is 12.9. The standard InChI is InChI=1S/C35H32N2O5S/c1-23(39)36-29-18-16-28(17-19-29)34-40-30(20-31(41-34)25-14-12-24(21-38)13-15-25)22-43-35-37-32(26-8-4-2-5-9-26)33(42-35)27-10-6-3-7-11-27/h2-19,30-31,34,38H,20-22H2,1H3,(H,36,39)/t30-,31+,34+/m0/s1. The molecule has 0 radical (unpaired) electrons. The number of oxazole rings is 1. The van der Waals surface area contributed by atoms with E-state index in [1.165, 1.54) is 18.7 Å². The smallest absolute Gasteiger partial charge is 0.256 e. The van der Waals surface area contributed by atoms with Gasteiger partial charge in [-0.25, -0.2) is 4.98 Å². The Balaban J connectivity index is 1.24. The molecule has 1 amide bonds. The zero-order valence-corrected chi connectivity index (χ0v) is 24.5. The molecule has 3 atom stereocenters. The molecule has 1 aliphatic heterocycles. The van der Waals surface area contributed by atoms with Crippen LogP contribution in [0.5, 0.6) is 0 Å². The quantitative estimate of drug-likeness (QED) is 0.169. The Morgan fingerprint density at radius 3 is 2.16 bits per heavy atom. The fraction of sp³-hybridized carbons (Fsp3) is 0.200. The highest BCUT2D eigenvalue weighted by Gasteiger charge is 2.33. The number of nitrogens with one attached hydrogen (secondary N) is 1. The van der Waals surface area contributed by atoms with E-state index in [0.29, 0.717) is 23.1 Å². The van der Waals surface area contributed by atoms with Crippen molar-refractivity contribution in [2.24, 2.45) is 0 Å². The third kappa shape index (κ3) is 7.06. The number of benzene rings is 4. The van der Waals surface area contributed by atoms with Crippen LogP contribution in [0.4, 0.5) is 5.69 Å². The molecule has 0 unspecified atom stereocenters. The first-order valence-corrected chi connectivity index (χ1v) is 15.2. The number of hydrogen-bond donors (Lipinski definition) is 2. The number of ether oxygens (including phenoxy) is 2. The minimum Gasteiger partial charge on any atom is -0.431 e. The monoisotopic (exact) mass is 592 g/mol. The van der Waals surface area contributed by atoms with E-state index >= 15 is 0 Å². The first-order valence-electron chi connectivity index (χ1n) is 14.2. The number of aliphatic hydroxyl groups excluding tert-OH is 1. The van der Waals surface area contributed by atoms with Crippen LogP contribution in [0.2, 0.25) is 0 Å². The lowest BCUT2D eigenvalue weighted by atomic mass is 10.0. The van der Waals surface area contributed by atoms with Crippen molar-refractivity contribution in [3.05, 3.63) is 126 Å². The predicted octanol–water partition coefficient (Wildman–Crippen LogP) is 7.80. The lowest BCUT2D eigenvalue weighted by molar-refractivity contribution is -0.245. The maximum Gasteiger partial charge on any atom is 0.256 e. The highest BCUT2D eigenvalue weighted by molar-refractivity contribution is 7.99. The van der Waals surface area contributed by atoms with Crippen molar-refractivity contribution in [3.8, 4) is 22.6 Å². The number of thioether (sulfide) groups is 1. The summed E-state index contributed by atoms with van der Waals surface area (Å²) in [5.74, 6) is 1.22. The third-order valence-electron chi connectivity index (χ3n) is 7.20. The molecular weight excluding hydrogens is 560 g/mol.